The molecule has 0 amide bonds. The molecular weight excluding hydrogens is 199 g/mol. The summed E-state index contributed by atoms with van der Waals surface area (Å²) in [6, 6.07) is 0. The second-order valence-corrected chi connectivity index (χ2v) is 2.57. The topological polar surface area (TPSA) is 92.8 Å². The van der Waals surface area contributed by atoms with Crippen LogP contribution >= 0.6 is 0 Å². The van der Waals surface area contributed by atoms with Crippen LogP contribution in [0.5, 0.6) is 0 Å². The zero-order valence-corrected chi connectivity index (χ0v) is 8.52. The minimum atomic E-state index is -0.730. The Morgan fingerprint density at radius 3 is 2.40 bits per heavy atom. The van der Waals surface area contributed by atoms with Crippen LogP contribution in [0.15, 0.2) is 23.8 Å². The van der Waals surface area contributed by atoms with Crippen molar-refractivity contribution in [1.82, 2.24) is 5.32 Å². The quantitative estimate of drug-likeness (QED) is 0.411. The van der Waals surface area contributed by atoms with Crippen molar-refractivity contribution in [3.8, 4) is 0 Å². The molecular formula is C9H13FN4O. The van der Waals surface area contributed by atoms with Crippen LogP contribution in [-0.4, -0.2) is 24.9 Å². The first-order chi connectivity index (χ1) is 7.01. The Morgan fingerprint density at radius 1 is 1.40 bits per heavy atom. The lowest BCUT2D eigenvalue weighted by atomic mass is 10.3. The second kappa shape index (κ2) is 6.47. The number of halogens is 1. The molecule has 0 aromatic rings. The molecule has 0 unspecified atom stereocenters. The second-order valence-electron chi connectivity index (χ2n) is 2.57. The molecule has 0 bridgehead atoms. The molecule has 0 saturated carbocycles. The third kappa shape index (κ3) is 5.35. The van der Waals surface area contributed by atoms with E-state index in [1.807, 2.05) is 0 Å². The number of rotatable bonds is 5. The molecule has 0 saturated heterocycles. The molecule has 82 valence electrons. The number of hydrogen-bond acceptors (Lipinski definition) is 5. The Hall–Kier alpha value is -1.98. The predicted molar refractivity (Wildman–Crippen MR) is 57.3 cm³/mol. The summed E-state index contributed by atoms with van der Waals surface area (Å²) in [5.41, 5.74) is -0.0214. The van der Waals surface area contributed by atoms with Gasteiger partial charge >= 0.3 is 0 Å². The summed E-state index contributed by atoms with van der Waals surface area (Å²) in [5, 5.41) is 23.5. The van der Waals surface area contributed by atoms with E-state index >= 15 is 0 Å². The molecule has 0 radical (unpaired) electrons. The van der Waals surface area contributed by atoms with E-state index in [1.54, 1.807) is 0 Å². The van der Waals surface area contributed by atoms with Crippen molar-refractivity contribution in [2.45, 2.75) is 6.92 Å². The predicted octanol–water partition coefficient (Wildman–Crippen LogP) is 1.58. The van der Waals surface area contributed by atoms with E-state index in [2.05, 4.69) is 10.1 Å². The average molecular weight is 212 g/mol. The standard InChI is InChI=1S/C9H13FN4O/c1-6(12)8(10)5-14-7(4-11)3-9(13)15-2/h3-5,11-14H,1-2H3/b7-3+,8-5+,11-4?,12-6?,13-9?. The van der Waals surface area contributed by atoms with Gasteiger partial charge in [-0.15, -0.1) is 0 Å². The van der Waals surface area contributed by atoms with E-state index in [0.29, 0.717) is 0 Å². The van der Waals surface area contributed by atoms with Crippen molar-refractivity contribution < 1.29 is 9.13 Å². The van der Waals surface area contributed by atoms with Crippen LogP contribution in [0.2, 0.25) is 0 Å². The van der Waals surface area contributed by atoms with Crippen molar-refractivity contribution in [2.24, 2.45) is 0 Å². The smallest absolute Gasteiger partial charge is 0.207 e. The van der Waals surface area contributed by atoms with Crippen LogP contribution in [0.4, 0.5) is 4.39 Å². The summed E-state index contributed by atoms with van der Waals surface area (Å²) in [6.07, 6.45) is 3.08. The number of methoxy groups -OCH3 is 1. The van der Waals surface area contributed by atoms with Gasteiger partial charge in [0.15, 0.2) is 5.83 Å². The Bertz CT molecular complexity index is 333. The lowest BCUT2D eigenvalue weighted by Gasteiger charge is -2.01. The molecule has 15 heavy (non-hydrogen) atoms. The summed E-state index contributed by atoms with van der Waals surface area (Å²) in [7, 11) is 1.32. The molecule has 0 heterocycles. The Balaban J connectivity index is 4.55. The maximum absolute atomic E-state index is 12.8. The van der Waals surface area contributed by atoms with E-state index < -0.39 is 5.83 Å². The molecule has 0 rings (SSSR count). The fourth-order valence-electron chi connectivity index (χ4n) is 0.580. The first kappa shape index (κ1) is 13.0. The van der Waals surface area contributed by atoms with Crippen molar-refractivity contribution in [3.05, 3.63) is 23.8 Å². The van der Waals surface area contributed by atoms with Gasteiger partial charge in [0.2, 0.25) is 5.90 Å². The molecule has 4 N–H and O–H groups in total. The first-order valence-electron chi connectivity index (χ1n) is 4.03. The molecule has 0 aliphatic carbocycles. The van der Waals surface area contributed by atoms with E-state index in [4.69, 9.17) is 16.2 Å². The zero-order chi connectivity index (χ0) is 11.8. The fourth-order valence-corrected chi connectivity index (χ4v) is 0.580. The zero-order valence-electron chi connectivity index (χ0n) is 8.52. The minimum Gasteiger partial charge on any atom is -0.481 e. The van der Waals surface area contributed by atoms with E-state index in [9.17, 15) is 4.39 Å². The van der Waals surface area contributed by atoms with Crippen molar-refractivity contribution >= 4 is 17.8 Å². The maximum atomic E-state index is 12.8. The van der Waals surface area contributed by atoms with Gasteiger partial charge in [-0.2, -0.15) is 0 Å². The normalized spacial score (nSPS) is 11.9. The van der Waals surface area contributed by atoms with Gasteiger partial charge in [-0.05, 0) is 6.92 Å². The van der Waals surface area contributed by atoms with Gasteiger partial charge in [0.1, 0.15) is 0 Å². The largest absolute Gasteiger partial charge is 0.481 e. The molecule has 6 heteroatoms. The monoisotopic (exact) mass is 212 g/mol. The van der Waals surface area contributed by atoms with Crippen LogP contribution < -0.4 is 5.32 Å². The highest BCUT2D eigenvalue weighted by Gasteiger charge is 1.98. The van der Waals surface area contributed by atoms with Crippen molar-refractivity contribution in [2.75, 3.05) is 7.11 Å². The van der Waals surface area contributed by atoms with Crippen LogP contribution in [0.3, 0.4) is 0 Å². The Morgan fingerprint density at radius 2 is 2.00 bits per heavy atom. The molecule has 0 aromatic carbocycles. The van der Waals surface area contributed by atoms with E-state index in [1.165, 1.54) is 20.1 Å². The highest BCUT2D eigenvalue weighted by molar-refractivity contribution is 5.94. The number of hydrogen-bond donors (Lipinski definition) is 4. The molecule has 0 aliphatic heterocycles. The lowest BCUT2D eigenvalue weighted by molar-refractivity contribution is 0.403. The first-order valence-corrected chi connectivity index (χ1v) is 4.03. The van der Waals surface area contributed by atoms with Crippen molar-refractivity contribution in [1.29, 1.82) is 16.2 Å². The van der Waals surface area contributed by atoms with Crippen molar-refractivity contribution in [3.63, 3.8) is 0 Å². The minimum absolute atomic E-state index is 0.151. The van der Waals surface area contributed by atoms with Gasteiger partial charge in [0, 0.05) is 18.5 Å². The summed E-state index contributed by atoms with van der Waals surface area (Å²) in [5.74, 6) is -0.881. The highest BCUT2D eigenvalue weighted by atomic mass is 19.1. The molecule has 0 aromatic heterocycles. The van der Waals surface area contributed by atoms with Crippen LogP contribution in [0.25, 0.3) is 0 Å². The van der Waals surface area contributed by atoms with Crippen LogP contribution in [-0.2, 0) is 4.74 Å². The summed E-state index contributed by atoms with van der Waals surface area (Å²) >= 11 is 0. The molecule has 0 aliphatic rings. The Kier molecular flexibility index (Phi) is 5.62. The molecule has 5 nitrogen and oxygen atoms in total. The van der Waals surface area contributed by atoms with Gasteiger partial charge in [-0.25, -0.2) is 4.39 Å². The SMILES string of the molecule is COC(=N)/C=C(\C=N)N/C=C(/F)C(C)=N. The van der Waals surface area contributed by atoms with Gasteiger partial charge in [0.25, 0.3) is 0 Å². The summed E-state index contributed by atoms with van der Waals surface area (Å²) < 4.78 is 17.4. The fraction of sp³-hybridized carbons (Fsp3) is 0.222. The van der Waals surface area contributed by atoms with E-state index in [0.717, 1.165) is 12.4 Å². The maximum Gasteiger partial charge on any atom is 0.207 e. The number of nitrogens with one attached hydrogen (secondary N) is 4. The highest BCUT2D eigenvalue weighted by Crippen LogP contribution is 1.97. The number of allylic oxidation sites excluding steroid dienone is 2. The third-order valence-corrected chi connectivity index (χ3v) is 1.39. The Labute approximate surface area is 87.2 Å². The van der Waals surface area contributed by atoms with Crippen LogP contribution in [0, 0.1) is 16.2 Å². The van der Waals surface area contributed by atoms with E-state index in [-0.39, 0.29) is 17.3 Å². The van der Waals surface area contributed by atoms with Gasteiger partial charge in [0.05, 0.1) is 18.5 Å². The third-order valence-electron chi connectivity index (χ3n) is 1.39. The molecule has 0 fully saturated rings. The summed E-state index contributed by atoms with van der Waals surface area (Å²) in [4.78, 5) is 0. The van der Waals surface area contributed by atoms with Gasteiger partial charge < -0.3 is 20.9 Å². The van der Waals surface area contributed by atoms with Gasteiger partial charge in [-0.1, -0.05) is 0 Å². The average Bonchev–Trinajstić information content (AvgIpc) is 2.22. The van der Waals surface area contributed by atoms with Crippen LogP contribution in [0.1, 0.15) is 6.92 Å². The number of ether oxygens (including phenoxy) is 1. The molecule has 0 spiro atoms. The van der Waals surface area contributed by atoms with Gasteiger partial charge in [-0.3, -0.25) is 5.41 Å². The lowest BCUT2D eigenvalue weighted by Crippen LogP contribution is -2.10. The molecule has 0 atom stereocenters. The summed E-state index contributed by atoms with van der Waals surface area (Å²) in [6.45, 7) is 1.30.